The average molecular weight is 393 g/mol. The molecular formula is C19H25ClN4O3. The van der Waals surface area contributed by atoms with E-state index in [9.17, 15) is 5.11 Å². The molecule has 0 saturated carbocycles. The van der Waals surface area contributed by atoms with Crippen molar-refractivity contribution in [1.29, 1.82) is 0 Å². The van der Waals surface area contributed by atoms with Crippen molar-refractivity contribution in [2.75, 3.05) is 38.7 Å². The Hall–Kier alpha value is -1.67. The van der Waals surface area contributed by atoms with E-state index in [1.165, 1.54) is 0 Å². The van der Waals surface area contributed by atoms with Crippen molar-refractivity contribution in [1.82, 2.24) is 14.9 Å². The zero-order chi connectivity index (χ0) is 18.8. The van der Waals surface area contributed by atoms with E-state index in [-0.39, 0.29) is 6.04 Å². The maximum atomic E-state index is 10.1. The highest BCUT2D eigenvalue weighted by molar-refractivity contribution is 6.33. The smallest absolute Gasteiger partial charge is 0.198 e. The molecule has 2 saturated heterocycles. The summed E-state index contributed by atoms with van der Waals surface area (Å²) in [5.74, 6) is 2.43. The van der Waals surface area contributed by atoms with E-state index in [0.29, 0.717) is 35.7 Å². The van der Waals surface area contributed by atoms with Crippen LogP contribution in [0.4, 0.5) is 5.82 Å². The second kappa shape index (κ2) is 8.14. The van der Waals surface area contributed by atoms with Gasteiger partial charge in [0.05, 0.1) is 30.0 Å². The number of anilines is 1. The van der Waals surface area contributed by atoms with Gasteiger partial charge in [0.1, 0.15) is 5.82 Å². The van der Waals surface area contributed by atoms with Gasteiger partial charge in [-0.2, -0.15) is 0 Å². The molecule has 0 radical (unpaired) electrons. The molecule has 4 heterocycles. The molecule has 0 aliphatic carbocycles. The van der Waals surface area contributed by atoms with Crippen LogP contribution < -0.4 is 5.32 Å². The molecule has 2 N–H and O–H groups in total. The van der Waals surface area contributed by atoms with Gasteiger partial charge in [0.15, 0.2) is 11.7 Å². The molecule has 2 fully saturated rings. The van der Waals surface area contributed by atoms with E-state index in [0.717, 1.165) is 43.8 Å². The minimum atomic E-state index is -0.555. The lowest BCUT2D eigenvalue weighted by molar-refractivity contribution is -0.0135. The number of aliphatic hydroxyl groups excluding tert-OH is 1. The highest BCUT2D eigenvalue weighted by Gasteiger charge is 2.25. The van der Waals surface area contributed by atoms with Crippen LogP contribution in [0, 0.1) is 0 Å². The molecule has 0 spiro atoms. The number of rotatable bonds is 4. The zero-order valence-electron chi connectivity index (χ0n) is 15.4. The molecule has 2 aromatic heterocycles. The Kier molecular flexibility index (Phi) is 5.63. The number of likely N-dealkylation sites (tertiary alicyclic amines) is 1. The number of oxazole rings is 1. The summed E-state index contributed by atoms with van der Waals surface area (Å²) in [7, 11) is 2.14. The molecule has 2 aliphatic rings. The summed E-state index contributed by atoms with van der Waals surface area (Å²) in [6.07, 6.45) is 5.61. The summed E-state index contributed by atoms with van der Waals surface area (Å²) in [4.78, 5) is 11.2. The lowest BCUT2D eigenvalue weighted by Crippen LogP contribution is -2.42. The zero-order valence-corrected chi connectivity index (χ0v) is 16.2. The first kappa shape index (κ1) is 18.7. The first-order chi connectivity index (χ1) is 13.1. The highest BCUT2D eigenvalue weighted by Crippen LogP contribution is 2.34. The minimum absolute atomic E-state index is 0.0928. The third-order valence-corrected chi connectivity index (χ3v) is 5.67. The molecule has 0 amide bonds. The van der Waals surface area contributed by atoms with Gasteiger partial charge in [-0.15, -0.1) is 0 Å². The number of hydrogen-bond acceptors (Lipinski definition) is 7. The number of hydrogen-bond donors (Lipinski definition) is 2. The van der Waals surface area contributed by atoms with E-state index in [2.05, 4.69) is 27.2 Å². The number of nitrogens with zero attached hydrogens (tertiary/aromatic N) is 3. The number of aromatic nitrogens is 2. The van der Waals surface area contributed by atoms with Crippen molar-refractivity contribution in [2.24, 2.45) is 0 Å². The Labute approximate surface area is 163 Å². The minimum Gasteiger partial charge on any atom is -0.440 e. The molecule has 2 aromatic rings. The Morgan fingerprint density at radius 3 is 2.81 bits per heavy atom. The number of piperidine rings is 1. The van der Waals surface area contributed by atoms with Crippen LogP contribution in [0.5, 0.6) is 0 Å². The molecule has 146 valence electrons. The average Bonchev–Trinajstić information content (AvgIpc) is 3.15. The van der Waals surface area contributed by atoms with Crippen molar-refractivity contribution in [3.05, 3.63) is 29.4 Å². The van der Waals surface area contributed by atoms with Crippen LogP contribution in [0.25, 0.3) is 11.3 Å². The summed E-state index contributed by atoms with van der Waals surface area (Å²) < 4.78 is 11.3. The molecule has 2 aliphatic heterocycles. The number of nitrogens with one attached hydrogen (secondary N) is 1. The quantitative estimate of drug-likeness (QED) is 0.827. The number of aliphatic hydroxyl groups is 1. The van der Waals surface area contributed by atoms with Gasteiger partial charge in [-0.3, -0.25) is 0 Å². The molecule has 4 rings (SSSR count). The summed E-state index contributed by atoms with van der Waals surface area (Å²) in [6.45, 7) is 3.07. The second-order valence-corrected chi connectivity index (χ2v) is 7.78. The summed E-state index contributed by atoms with van der Waals surface area (Å²) in [6, 6.07) is 1.76. The van der Waals surface area contributed by atoms with Gasteiger partial charge in [-0.25, -0.2) is 9.97 Å². The summed E-state index contributed by atoms with van der Waals surface area (Å²) in [5, 5.41) is 13.9. The highest BCUT2D eigenvalue weighted by atomic mass is 35.5. The molecule has 0 bridgehead atoms. The number of ether oxygens (including phenoxy) is 1. The molecule has 7 nitrogen and oxygen atoms in total. The van der Waals surface area contributed by atoms with Crippen molar-refractivity contribution >= 4 is 17.4 Å². The maximum Gasteiger partial charge on any atom is 0.198 e. The summed E-state index contributed by atoms with van der Waals surface area (Å²) in [5.41, 5.74) is 0.752. The van der Waals surface area contributed by atoms with Crippen LogP contribution in [-0.2, 0) is 4.74 Å². The molecule has 27 heavy (non-hydrogen) atoms. The van der Waals surface area contributed by atoms with Crippen LogP contribution in [0.2, 0.25) is 5.02 Å². The van der Waals surface area contributed by atoms with Crippen LogP contribution >= 0.6 is 11.6 Å². The molecule has 2 atom stereocenters. The monoisotopic (exact) mass is 392 g/mol. The number of pyridine rings is 1. The first-order valence-corrected chi connectivity index (χ1v) is 9.80. The molecule has 0 aromatic carbocycles. The Balaban J connectivity index is 1.51. The summed E-state index contributed by atoms with van der Waals surface area (Å²) >= 11 is 6.36. The van der Waals surface area contributed by atoms with Crippen molar-refractivity contribution < 1.29 is 14.3 Å². The van der Waals surface area contributed by atoms with Gasteiger partial charge in [0, 0.05) is 24.3 Å². The molecule has 8 heteroatoms. The van der Waals surface area contributed by atoms with Gasteiger partial charge in [-0.05, 0) is 45.5 Å². The van der Waals surface area contributed by atoms with Crippen molar-refractivity contribution in [3.8, 4) is 11.3 Å². The van der Waals surface area contributed by atoms with E-state index in [1.54, 1.807) is 12.4 Å². The first-order valence-electron chi connectivity index (χ1n) is 9.42. The normalized spacial score (nSPS) is 24.9. The van der Waals surface area contributed by atoms with Crippen LogP contribution in [0.15, 0.2) is 22.9 Å². The van der Waals surface area contributed by atoms with Crippen molar-refractivity contribution in [2.45, 2.75) is 37.3 Å². The Bertz CT molecular complexity index is 776. The largest absolute Gasteiger partial charge is 0.440 e. The molecular weight excluding hydrogens is 368 g/mol. The lowest BCUT2D eigenvalue weighted by atomic mass is 9.97. The topological polar surface area (TPSA) is 83.7 Å². The van der Waals surface area contributed by atoms with Gasteiger partial charge in [-0.1, -0.05) is 11.6 Å². The Morgan fingerprint density at radius 2 is 2.04 bits per heavy atom. The predicted octanol–water partition coefficient (Wildman–Crippen LogP) is 2.76. The van der Waals surface area contributed by atoms with E-state index in [1.807, 2.05) is 6.07 Å². The number of halogens is 1. The second-order valence-electron chi connectivity index (χ2n) is 7.37. The van der Waals surface area contributed by atoms with Gasteiger partial charge >= 0.3 is 0 Å². The van der Waals surface area contributed by atoms with Crippen LogP contribution in [0.3, 0.4) is 0 Å². The fourth-order valence-corrected chi connectivity index (χ4v) is 3.84. The van der Waals surface area contributed by atoms with Crippen molar-refractivity contribution in [3.63, 3.8) is 0 Å². The van der Waals surface area contributed by atoms with E-state index >= 15 is 0 Å². The van der Waals surface area contributed by atoms with Crippen LogP contribution in [0.1, 0.15) is 31.1 Å². The van der Waals surface area contributed by atoms with Crippen LogP contribution in [-0.4, -0.2) is 65.5 Å². The molecule has 0 unspecified atom stereocenters. The van der Waals surface area contributed by atoms with E-state index < -0.39 is 6.10 Å². The maximum absolute atomic E-state index is 10.1. The van der Waals surface area contributed by atoms with E-state index in [4.69, 9.17) is 20.8 Å². The SMILES string of the molecule is CN1CCC(c2ncc(-c3cc(N[C@@H]4CCOC[C@H]4O)ncc3Cl)o2)CC1. The fraction of sp³-hybridized carbons (Fsp3) is 0.579. The van der Waals surface area contributed by atoms with Gasteiger partial charge in [0.2, 0.25) is 0 Å². The lowest BCUT2D eigenvalue weighted by Gasteiger charge is -2.28. The standard InChI is InChI=1S/C19H25ClN4O3/c1-24-5-2-12(3-6-24)19-22-10-17(27-19)13-8-18(21-9-14(13)20)23-15-4-7-26-11-16(15)25/h8-10,12,15-16,25H,2-7,11H2,1H3,(H,21,23)/t15-,16-/m1/s1. The third-order valence-electron chi connectivity index (χ3n) is 5.37. The third kappa shape index (κ3) is 4.27. The van der Waals surface area contributed by atoms with Gasteiger partial charge < -0.3 is 24.5 Å². The Morgan fingerprint density at radius 1 is 1.22 bits per heavy atom. The van der Waals surface area contributed by atoms with Gasteiger partial charge in [0.25, 0.3) is 0 Å². The fourth-order valence-electron chi connectivity index (χ4n) is 3.64. The predicted molar refractivity (Wildman–Crippen MR) is 103 cm³/mol.